The van der Waals surface area contributed by atoms with Crippen molar-refractivity contribution in [2.45, 2.75) is 25.1 Å². The molecule has 8 nitrogen and oxygen atoms in total. The van der Waals surface area contributed by atoms with Gasteiger partial charge in [-0.2, -0.15) is 5.10 Å². The maximum Gasteiger partial charge on any atom is 0.277 e. The lowest BCUT2D eigenvalue weighted by Gasteiger charge is -2.29. The molecule has 0 spiro atoms. The Morgan fingerprint density at radius 1 is 1.07 bits per heavy atom. The van der Waals surface area contributed by atoms with Crippen molar-refractivity contribution < 1.29 is 18.3 Å². The van der Waals surface area contributed by atoms with Gasteiger partial charge in [-0.25, -0.2) is 27.5 Å². The predicted molar refractivity (Wildman–Crippen MR) is 98.6 cm³/mol. The van der Waals surface area contributed by atoms with Crippen LogP contribution in [0.25, 0.3) is 10.9 Å². The second kappa shape index (κ2) is 7.67. The van der Waals surface area contributed by atoms with E-state index in [4.69, 9.17) is 0 Å². The number of halogens is 3. The van der Waals surface area contributed by atoms with Crippen LogP contribution >= 0.6 is 0 Å². The van der Waals surface area contributed by atoms with Crippen molar-refractivity contribution in [1.82, 2.24) is 29.8 Å². The molecule has 2 aromatic carbocycles. The zero-order chi connectivity index (χ0) is 21.3. The topological polar surface area (TPSA) is 98.7 Å². The third-order valence-corrected chi connectivity index (χ3v) is 4.74. The van der Waals surface area contributed by atoms with Crippen LogP contribution in [0.5, 0.6) is 0 Å². The summed E-state index contributed by atoms with van der Waals surface area (Å²) in [5, 5.41) is 22.9. The second-order valence-corrected chi connectivity index (χ2v) is 6.78. The fourth-order valence-corrected chi connectivity index (χ4v) is 3.23. The highest BCUT2D eigenvalue weighted by Gasteiger charge is 2.33. The number of aromatic nitrogens is 6. The highest BCUT2D eigenvalue weighted by Crippen LogP contribution is 2.30. The standard InChI is InChI=1S/C19H15F3N6O2/c20-12-2-4-17-14(7-12)18(29)28(26-25-17)6-5-19(30,9-27-11-23-10-24-27)15-3-1-13(21)8-16(15)22/h1-4,7-8,10-11,30H,5-6,9H2. The Kier molecular flexibility index (Phi) is 5.04. The molecule has 4 aromatic rings. The molecule has 0 fully saturated rings. The van der Waals surface area contributed by atoms with Crippen LogP contribution in [0.1, 0.15) is 12.0 Å². The van der Waals surface area contributed by atoms with Crippen LogP contribution in [-0.4, -0.2) is 34.9 Å². The molecular weight excluding hydrogens is 401 g/mol. The van der Waals surface area contributed by atoms with E-state index in [1.807, 2.05) is 0 Å². The summed E-state index contributed by atoms with van der Waals surface area (Å²) in [4.78, 5) is 16.4. The molecule has 30 heavy (non-hydrogen) atoms. The molecule has 0 amide bonds. The van der Waals surface area contributed by atoms with Gasteiger partial charge in [-0.15, -0.1) is 5.10 Å². The molecular formula is C19H15F3N6O2. The minimum absolute atomic E-state index is 0.0257. The molecule has 1 atom stereocenters. The first-order valence-corrected chi connectivity index (χ1v) is 8.89. The molecule has 0 bridgehead atoms. The highest BCUT2D eigenvalue weighted by atomic mass is 19.1. The van der Waals surface area contributed by atoms with Crippen LogP contribution in [-0.2, 0) is 18.7 Å². The zero-order valence-electron chi connectivity index (χ0n) is 15.4. The first-order valence-electron chi connectivity index (χ1n) is 8.89. The van der Waals surface area contributed by atoms with Crippen LogP contribution in [0.2, 0.25) is 0 Å². The molecule has 4 rings (SSSR count). The number of aliphatic hydroxyl groups is 1. The summed E-state index contributed by atoms with van der Waals surface area (Å²) in [5.41, 5.74) is -2.43. The van der Waals surface area contributed by atoms with Crippen molar-refractivity contribution in [2.24, 2.45) is 0 Å². The zero-order valence-corrected chi connectivity index (χ0v) is 15.4. The monoisotopic (exact) mass is 416 g/mol. The van der Waals surface area contributed by atoms with Crippen LogP contribution in [0.3, 0.4) is 0 Å². The minimum Gasteiger partial charge on any atom is -0.383 e. The fraction of sp³-hybridized carbons (Fsp3) is 0.211. The van der Waals surface area contributed by atoms with E-state index in [1.54, 1.807) is 0 Å². The van der Waals surface area contributed by atoms with E-state index in [1.165, 1.54) is 23.4 Å². The normalized spacial score (nSPS) is 13.5. The molecule has 0 radical (unpaired) electrons. The average molecular weight is 416 g/mol. The van der Waals surface area contributed by atoms with Crippen LogP contribution in [0, 0.1) is 17.5 Å². The van der Waals surface area contributed by atoms with Crippen molar-refractivity contribution >= 4 is 10.9 Å². The van der Waals surface area contributed by atoms with Gasteiger partial charge in [0.05, 0.1) is 11.9 Å². The molecule has 1 N–H and O–H groups in total. The predicted octanol–water partition coefficient (Wildman–Crippen LogP) is 1.78. The fourth-order valence-electron chi connectivity index (χ4n) is 3.23. The third-order valence-electron chi connectivity index (χ3n) is 4.74. The molecule has 1 unspecified atom stereocenters. The van der Waals surface area contributed by atoms with Crippen LogP contribution in [0.4, 0.5) is 13.2 Å². The maximum atomic E-state index is 14.4. The Bertz CT molecular complexity index is 1260. The summed E-state index contributed by atoms with van der Waals surface area (Å²) >= 11 is 0. The molecule has 0 aliphatic carbocycles. The van der Waals surface area contributed by atoms with E-state index in [0.717, 1.165) is 28.9 Å². The molecule has 2 heterocycles. The number of aryl methyl sites for hydroxylation is 1. The first-order chi connectivity index (χ1) is 14.4. The molecule has 154 valence electrons. The summed E-state index contributed by atoms with van der Waals surface area (Å²) in [6.07, 6.45) is 2.39. The number of benzene rings is 2. The lowest BCUT2D eigenvalue weighted by Crippen LogP contribution is -2.36. The van der Waals surface area contributed by atoms with E-state index in [9.17, 15) is 23.1 Å². The number of rotatable bonds is 6. The summed E-state index contributed by atoms with van der Waals surface area (Å²) < 4.78 is 43.6. The van der Waals surface area contributed by atoms with Gasteiger partial charge in [0.25, 0.3) is 5.56 Å². The first kappa shape index (κ1) is 19.7. The van der Waals surface area contributed by atoms with E-state index in [-0.39, 0.29) is 36.0 Å². The maximum absolute atomic E-state index is 14.4. The van der Waals surface area contributed by atoms with Crippen molar-refractivity contribution in [3.05, 3.63) is 82.4 Å². The van der Waals surface area contributed by atoms with E-state index in [0.29, 0.717) is 6.07 Å². The smallest absolute Gasteiger partial charge is 0.277 e. The van der Waals surface area contributed by atoms with Gasteiger partial charge < -0.3 is 5.11 Å². The van der Waals surface area contributed by atoms with Gasteiger partial charge in [0, 0.05) is 24.6 Å². The molecule has 2 aromatic heterocycles. The van der Waals surface area contributed by atoms with Crippen molar-refractivity contribution in [3.63, 3.8) is 0 Å². The Hall–Kier alpha value is -3.60. The summed E-state index contributed by atoms with van der Waals surface area (Å²) in [5.74, 6) is -2.34. The number of fused-ring (bicyclic) bond motifs is 1. The largest absolute Gasteiger partial charge is 0.383 e. The van der Waals surface area contributed by atoms with Crippen LogP contribution < -0.4 is 5.56 Å². The number of hydrogen-bond donors (Lipinski definition) is 1. The number of hydrogen-bond acceptors (Lipinski definition) is 6. The molecule has 0 aliphatic rings. The summed E-state index contributed by atoms with van der Waals surface area (Å²) in [7, 11) is 0. The molecule has 0 saturated heterocycles. The highest BCUT2D eigenvalue weighted by molar-refractivity contribution is 5.76. The van der Waals surface area contributed by atoms with Gasteiger partial charge in [0.15, 0.2) is 0 Å². The Morgan fingerprint density at radius 3 is 2.57 bits per heavy atom. The van der Waals surface area contributed by atoms with Crippen molar-refractivity contribution in [3.8, 4) is 0 Å². The third kappa shape index (κ3) is 3.79. The number of nitrogens with zero attached hydrogens (tertiary/aromatic N) is 6. The summed E-state index contributed by atoms with van der Waals surface area (Å²) in [6.45, 7) is -0.375. The van der Waals surface area contributed by atoms with Crippen molar-refractivity contribution in [1.29, 1.82) is 0 Å². The van der Waals surface area contributed by atoms with E-state index in [2.05, 4.69) is 20.4 Å². The lowest BCUT2D eigenvalue weighted by molar-refractivity contribution is -0.00227. The van der Waals surface area contributed by atoms with Gasteiger partial charge in [0.2, 0.25) is 0 Å². The Labute approximate surface area is 167 Å². The molecule has 0 aliphatic heterocycles. The van der Waals surface area contributed by atoms with Gasteiger partial charge in [-0.3, -0.25) is 4.79 Å². The van der Waals surface area contributed by atoms with E-state index >= 15 is 0 Å². The molecule has 11 heteroatoms. The summed E-state index contributed by atoms with van der Waals surface area (Å²) in [6, 6.07) is 6.35. The quantitative estimate of drug-likeness (QED) is 0.515. The Morgan fingerprint density at radius 2 is 1.83 bits per heavy atom. The van der Waals surface area contributed by atoms with Gasteiger partial charge in [-0.1, -0.05) is 11.3 Å². The second-order valence-electron chi connectivity index (χ2n) is 6.78. The van der Waals surface area contributed by atoms with Gasteiger partial charge in [0.1, 0.15) is 41.2 Å². The SMILES string of the molecule is O=c1c2cc(F)ccc2nnn1CCC(O)(Cn1cncn1)c1ccc(F)cc1F. The van der Waals surface area contributed by atoms with Crippen molar-refractivity contribution in [2.75, 3.05) is 0 Å². The van der Waals surface area contributed by atoms with Gasteiger partial charge >= 0.3 is 0 Å². The van der Waals surface area contributed by atoms with Gasteiger partial charge in [-0.05, 0) is 24.3 Å². The Balaban J connectivity index is 1.70. The van der Waals surface area contributed by atoms with Crippen LogP contribution in [0.15, 0.2) is 53.8 Å². The lowest BCUT2D eigenvalue weighted by atomic mass is 9.89. The van der Waals surface area contributed by atoms with E-state index < -0.39 is 28.6 Å². The molecule has 0 saturated carbocycles. The minimum atomic E-state index is -1.87. The average Bonchev–Trinajstić information content (AvgIpc) is 3.20.